The van der Waals surface area contributed by atoms with Gasteiger partial charge in [0.05, 0.1) is 6.61 Å². The second-order valence-electron chi connectivity index (χ2n) is 6.95. The number of hydrogen-bond acceptors (Lipinski definition) is 4. The maximum Gasteiger partial charge on any atom is 0.0535 e. The zero-order valence-electron chi connectivity index (χ0n) is 14.8. The largest absolute Gasteiger partial charge is 0.381 e. The maximum atomic E-state index is 5.89. The molecule has 24 heavy (non-hydrogen) atoms. The zero-order chi connectivity index (χ0) is 16.8. The number of pyridine rings is 1. The standard InChI is InChI=1S/C20H28N2OS/c1-3-23-16-20(8-6-18-7-12-24-14-18)9-11-22(15-20)17(2)19-5-4-10-21-13-19/h4-5,7,10,12-14,17H,3,6,8-9,11,15-16H2,1-2H3/t17?,20-/m0/s1. The molecule has 3 rings (SSSR count). The highest BCUT2D eigenvalue weighted by atomic mass is 32.1. The van der Waals surface area contributed by atoms with Crippen molar-refractivity contribution in [2.75, 3.05) is 26.3 Å². The Balaban J connectivity index is 1.66. The van der Waals surface area contributed by atoms with Crippen LogP contribution >= 0.6 is 11.3 Å². The average Bonchev–Trinajstić information content (AvgIpc) is 3.29. The molecule has 0 spiro atoms. The number of hydrogen-bond donors (Lipinski definition) is 0. The van der Waals surface area contributed by atoms with Gasteiger partial charge in [-0.25, -0.2) is 0 Å². The Morgan fingerprint density at radius 2 is 2.33 bits per heavy atom. The summed E-state index contributed by atoms with van der Waals surface area (Å²) in [7, 11) is 0. The van der Waals surface area contributed by atoms with Crippen LogP contribution in [0.2, 0.25) is 0 Å². The van der Waals surface area contributed by atoms with E-state index in [1.54, 1.807) is 11.3 Å². The van der Waals surface area contributed by atoms with Crippen molar-refractivity contribution in [3.63, 3.8) is 0 Å². The first-order chi connectivity index (χ1) is 11.7. The number of aromatic nitrogens is 1. The molecule has 1 aliphatic rings. The molecule has 0 amide bonds. The number of rotatable bonds is 8. The van der Waals surface area contributed by atoms with Crippen LogP contribution in [-0.4, -0.2) is 36.2 Å². The SMILES string of the molecule is CCOC[C@@]1(CCc2ccsc2)CCN(C(C)c2cccnc2)C1. The van der Waals surface area contributed by atoms with Crippen LogP contribution in [0.15, 0.2) is 41.4 Å². The van der Waals surface area contributed by atoms with E-state index in [0.29, 0.717) is 6.04 Å². The van der Waals surface area contributed by atoms with Crippen molar-refractivity contribution in [3.8, 4) is 0 Å². The minimum Gasteiger partial charge on any atom is -0.381 e. The lowest BCUT2D eigenvalue weighted by Gasteiger charge is -2.31. The second-order valence-corrected chi connectivity index (χ2v) is 7.73. The van der Waals surface area contributed by atoms with Crippen LogP contribution in [0.25, 0.3) is 0 Å². The average molecular weight is 345 g/mol. The molecule has 2 atom stereocenters. The summed E-state index contributed by atoms with van der Waals surface area (Å²) >= 11 is 1.79. The van der Waals surface area contributed by atoms with Crippen LogP contribution in [0.4, 0.5) is 0 Å². The van der Waals surface area contributed by atoms with Crippen LogP contribution in [-0.2, 0) is 11.2 Å². The molecule has 0 aliphatic carbocycles. The van der Waals surface area contributed by atoms with Gasteiger partial charge < -0.3 is 4.74 Å². The third-order valence-corrected chi connectivity index (χ3v) is 6.05. The second kappa shape index (κ2) is 8.24. The Morgan fingerprint density at radius 1 is 1.42 bits per heavy atom. The molecular weight excluding hydrogens is 316 g/mol. The van der Waals surface area contributed by atoms with Crippen LogP contribution < -0.4 is 0 Å². The molecular formula is C20H28N2OS. The molecule has 1 unspecified atom stereocenters. The minimum absolute atomic E-state index is 0.286. The smallest absolute Gasteiger partial charge is 0.0535 e. The quantitative estimate of drug-likeness (QED) is 0.701. The number of aryl methyl sites for hydroxylation is 1. The lowest BCUT2D eigenvalue weighted by atomic mass is 9.82. The first kappa shape index (κ1) is 17.6. The summed E-state index contributed by atoms with van der Waals surface area (Å²) in [6.45, 7) is 8.34. The van der Waals surface area contributed by atoms with E-state index >= 15 is 0 Å². The summed E-state index contributed by atoms with van der Waals surface area (Å²) in [4.78, 5) is 6.88. The first-order valence-electron chi connectivity index (χ1n) is 8.95. The van der Waals surface area contributed by atoms with Crippen LogP contribution in [0.3, 0.4) is 0 Å². The lowest BCUT2D eigenvalue weighted by molar-refractivity contribution is 0.0466. The Morgan fingerprint density at radius 3 is 3.04 bits per heavy atom. The molecule has 0 radical (unpaired) electrons. The van der Waals surface area contributed by atoms with Gasteiger partial charge in [0.1, 0.15) is 0 Å². The molecule has 1 fully saturated rings. The maximum absolute atomic E-state index is 5.89. The monoisotopic (exact) mass is 344 g/mol. The van der Waals surface area contributed by atoms with Gasteiger partial charge in [-0.3, -0.25) is 9.88 Å². The molecule has 1 aliphatic heterocycles. The van der Waals surface area contributed by atoms with Crippen molar-refractivity contribution < 1.29 is 4.74 Å². The van der Waals surface area contributed by atoms with Crippen LogP contribution in [0.1, 0.15) is 43.9 Å². The van der Waals surface area contributed by atoms with E-state index in [1.807, 2.05) is 18.5 Å². The summed E-state index contributed by atoms with van der Waals surface area (Å²) in [6, 6.07) is 6.89. The lowest BCUT2D eigenvalue weighted by Crippen LogP contribution is -2.33. The Bertz CT molecular complexity index is 601. The van der Waals surface area contributed by atoms with E-state index in [0.717, 1.165) is 32.7 Å². The topological polar surface area (TPSA) is 25.4 Å². The fraction of sp³-hybridized carbons (Fsp3) is 0.550. The predicted molar refractivity (Wildman–Crippen MR) is 100 cm³/mol. The van der Waals surface area contributed by atoms with Crippen molar-refractivity contribution in [1.29, 1.82) is 0 Å². The van der Waals surface area contributed by atoms with Gasteiger partial charge in [0, 0.05) is 37.0 Å². The van der Waals surface area contributed by atoms with Crippen molar-refractivity contribution >= 4 is 11.3 Å². The van der Waals surface area contributed by atoms with E-state index in [-0.39, 0.29) is 5.41 Å². The third-order valence-electron chi connectivity index (χ3n) is 5.32. The van der Waals surface area contributed by atoms with Crippen molar-refractivity contribution in [2.24, 2.45) is 5.41 Å². The van der Waals surface area contributed by atoms with Crippen molar-refractivity contribution in [1.82, 2.24) is 9.88 Å². The third kappa shape index (κ3) is 4.24. The molecule has 0 saturated carbocycles. The van der Waals surface area contributed by atoms with Gasteiger partial charge in [0.25, 0.3) is 0 Å². The Kier molecular flexibility index (Phi) is 6.04. The predicted octanol–water partition coefficient (Wildman–Crippen LogP) is 4.57. The number of likely N-dealkylation sites (tertiary alicyclic amines) is 1. The Labute approximate surface area is 149 Å². The highest BCUT2D eigenvalue weighted by Gasteiger charge is 2.39. The van der Waals surface area contributed by atoms with E-state index in [1.165, 1.54) is 24.0 Å². The molecule has 2 aromatic heterocycles. The molecule has 0 bridgehead atoms. The van der Waals surface area contributed by atoms with Gasteiger partial charge in [0.15, 0.2) is 0 Å². The summed E-state index contributed by atoms with van der Waals surface area (Å²) in [5, 5.41) is 4.45. The zero-order valence-corrected chi connectivity index (χ0v) is 15.6. The van der Waals surface area contributed by atoms with Gasteiger partial charge in [-0.2, -0.15) is 11.3 Å². The van der Waals surface area contributed by atoms with E-state index in [9.17, 15) is 0 Å². The summed E-state index contributed by atoms with van der Waals surface area (Å²) in [5.74, 6) is 0. The van der Waals surface area contributed by atoms with Gasteiger partial charge in [-0.05, 0) is 73.7 Å². The van der Waals surface area contributed by atoms with Crippen LogP contribution in [0, 0.1) is 5.41 Å². The van der Waals surface area contributed by atoms with E-state index < -0.39 is 0 Å². The molecule has 4 heteroatoms. The summed E-state index contributed by atoms with van der Waals surface area (Å²) in [5.41, 5.74) is 3.06. The molecule has 3 heterocycles. The summed E-state index contributed by atoms with van der Waals surface area (Å²) < 4.78 is 5.89. The molecule has 1 saturated heterocycles. The molecule has 130 valence electrons. The van der Waals surface area contributed by atoms with Gasteiger partial charge in [0.2, 0.25) is 0 Å². The number of nitrogens with zero attached hydrogens (tertiary/aromatic N) is 2. The Hall–Kier alpha value is -1.23. The fourth-order valence-corrected chi connectivity index (χ4v) is 4.39. The van der Waals surface area contributed by atoms with Crippen LogP contribution in [0.5, 0.6) is 0 Å². The fourth-order valence-electron chi connectivity index (χ4n) is 3.69. The van der Waals surface area contributed by atoms with Crippen molar-refractivity contribution in [3.05, 3.63) is 52.5 Å². The van der Waals surface area contributed by atoms with E-state index in [4.69, 9.17) is 4.74 Å². The van der Waals surface area contributed by atoms with E-state index in [2.05, 4.69) is 46.6 Å². The highest BCUT2D eigenvalue weighted by Crippen LogP contribution is 2.39. The number of ether oxygens (including phenoxy) is 1. The number of thiophene rings is 1. The summed E-state index contributed by atoms with van der Waals surface area (Å²) in [6.07, 6.45) is 7.44. The molecule has 0 aromatic carbocycles. The highest BCUT2D eigenvalue weighted by molar-refractivity contribution is 7.07. The normalized spacial score (nSPS) is 22.8. The molecule has 2 aromatic rings. The first-order valence-corrected chi connectivity index (χ1v) is 9.89. The van der Waals surface area contributed by atoms with Gasteiger partial charge in [-0.1, -0.05) is 6.07 Å². The van der Waals surface area contributed by atoms with Gasteiger partial charge in [-0.15, -0.1) is 0 Å². The van der Waals surface area contributed by atoms with Crippen molar-refractivity contribution in [2.45, 2.75) is 39.2 Å². The molecule has 3 nitrogen and oxygen atoms in total. The molecule has 0 N–H and O–H groups in total. The van der Waals surface area contributed by atoms with Gasteiger partial charge >= 0.3 is 0 Å². The minimum atomic E-state index is 0.286.